The smallest absolute Gasteiger partial charge is 0.319 e. The van der Waals surface area contributed by atoms with Gasteiger partial charge in [0.25, 0.3) is 5.91 Å². The number of benzene rings is 1. The number of amides is 2. The van der Waals surface area contributed by atoms with Crippen molar-refractivity contribution in [1.82, 2.24) is 14.9 Å². The van der Waals surface area contributed by atoms with Crippen LogP contribution in [0.5, 0.6) is 0 Å². The topological polar surface area (TPSA) is 67.2 Å². The molecule has 1 aliphatic heterocycles. The highest BCUT2D eigenvalue weighted by Crippen LogP contribution is 2.26. The number of hydrogen-bond donors (Lipinski definition) is 1. The predicted molar refractivity (Wildman–Crippen MR) is 87.7 cm³/mol. The third kappa shape index (κ3) is 3.63. The number of alkyl halides is 2. The summed E-state index contributed by atoms with van der Waals surface area (Å²) in [4.78, 5) is 29.6. The van der Waals surface area contributed by atoms with Gasteiger partial charge in [0, 0.05) is 31.0 Å². The predicted octanol–water partition coefficient (Wildman–Crippen LogP) is 2.99. The molecule has 6 nitrogen and oxygen atoms in total. The molecule has 25 heavy (non-hydrogen) atoms. The van der Waals surface area contributed by atoms with Crippen molar-refractivity contribution in [1.29, 1.82) is 0 Å². The van der Waals surface area contributed by atoms with Gasteiger partial charge in [-0.2, -0.15) is 8.78 Å². The van der Waals surface area contributed by atoms with Gasteiger partial charge in [-0.25, -0.2) is 4.98 Å². The number of imidazole rings is 1. The van der Waals surface area contributed by atoms with Crippen molar-refractivity contribution in [2.45, 2.75) is 25.9 Å². The van der Waals surface area contributed by atoms with E-state index in [1.807, 2.05) is 0 Å². The third-order valence-electron chi connectivity index (χ3n) is 3.95. The van der Waals surface area contributed by atoms with Gasteiger partial charge in [0.2, 0.25) is 5.91 Å². The Balaban J connectivity index is 1.75. The molecular formula is C16H15ClF2N4O2. The lowest BCUT2D eigenvalue weighted by Crippen LogP contribution is -2.27. The number of rotatable bonds is 5. The Morgan fingerprint density at radius 1 is 1.40 bits per heavy atom. The van der Waals surface area contributed by atoms with E-state index >= 15 is 0 Å². The molecule has 0 spiro atoms. The van der Waals surface area contributed by atoms with E-state index in [4.69, 9.17) is 11.6 Å². The van der Waals surface area contributed by atoms with E-state index in [9.17, 15) is 18.4 Å². The second-order valence-corrected chi connectivity index (χ2v) is 5.93. The fourth-order valence-electron chi connectivity index (χ4n) is 2.69. The molecule has 2 aromatic rings. The van der Waals surface area contributed by atoms with E-state index in [0.717, 1.165) is 12.6 Å². The highest BCUT2D eigenvalue weighted by Gasteiger charge is 2.23. The first-order chi connectivity index (χ1) is 12.0. The Morgan fingerprint density at radius 3 is 2.88 bits per heavy atom. The van der Waals surface area contributed by atoms with E-state index in [-0.39, 0.29) is 28.9 Å². The highest BCUT2D eigenvalue weighted by atomic mass is 35.5. The van der Waals surface area contributed by atoms with E-state index in [0.29, 0.717) is 23.2 Å². The van der Waals surface area contributed by atoms with Gasteiger partial charge in [-0.1, -0.05) is 11.6 Å². The molecule has 1 saturated heterocycles. The molecule has 0 saturated carbocycles. The van der Waals surface area contributed by atoms with Gasteiger partial charge in [0.05, 0.1) is 17.1 Å². The van der Waals surface area contributed by atoms with Crippen LogP contribution in [0, 0.1) is 0 Å². The van der Waals surface area contributed by atoms with E-state index < -0.39 is 12.5 Å². The molecule has 0 radical (unpaired) electrons. The summed E-state index contributed by atoms with van der Waals surface area (Å²) in [5.74, 6) is -0.500. The first kappa shape index (κ1) is 17.3. The largest absolute Gasteiger partial charge is 0.345 e. The van der Waals surface area contributed by atoms with Crippen LogP contribution in [0.25, 0.3) is 0 Å². The van der Waals surface area contributed by atoms with Gasteiger partial charge in [-0.3, -0.25) is 14.2 Å². The Kier molecular flexibility index (Phi) is 4.98. The van der Waals surface area contributed by atoms with Crippen molar-refractivity contribution in [3.05, 3.63) is 47.0 Å². The van der Waals surface area contributed by atoms with E-state index in [1.54, 1.807) is 11.0 Å². The monoisotopic (exact) mass is 368 g/mol. The Labute approximate surface area is 147 Å². The lowest BCUT2D eigenvalue weighted by Gasteiger charge is -2.17. The van der Waals surface area contributed by atoms with Crippen molar-refractivity contribution < 1.29 is 18.4 Å². The zero-order valence-electron chi connectivity index (χ0n) is 13.1. The molecule has 0 aliphatic carbocycles. The standard InChI is InChI=1S/C16H15ClF2N4O2/c17-12-4-3-10(22-6-1-2-14(22)24)8-11(12)15(25)21-9-13-20-5-7-23(13)16(18)19/h3-5,7-8,16H,1-2,6,9H2,(H,21,25). The number of aromatic nitrogens is 2. The summed E-state index contributed by atoms with van der Waals surface area (Å²) in [6.07, 6.45) is 3.61. The molecule has 1 aromatic carbocycles. The summed E-state index contributed by atoms with van der Waals surface area (Å²) in [5, 5.41) is 2.74. The second-order valence-electron chi connectivity index (χ2n) is 5.52. The van der Waals surface area contributed by atoms with Crippen LogP contribution < -0.4 is 10.2 Å². The molecule has 0 atom stereocenters. The fraction of sp³-hybridized carbons (Fsp3) is 0.312. The molecule has 9 heteroatoms. The Hall–Kier alpha value is -2.48. The Bertz CT molecular complexity index is 809. The maximum absolute atomic E-state index is 12.8. The zero-order valence-corrected chi connectivity index (χ0v) is 13.8. The maximum Gasteiger partial charge on any atom is 0.319 e. The Morgan fingerprint density at radius 2 is 2.20 bits per heavy atom. The minimum atomic E-state index is -2.73. The summed E-state index contributed by atoms with van der Waals surface area (Å²) in [7, 11) is 0. The van der Waals surface area contributed by atoms with Crippen LogP contribution >= 0.6 is 11.6 Å². The summed E-state index contributed by atoms with van der Waals surface area (Å²) < 4.78 is 26.2. The number of nitrogens with zero attached hydrogens (tertiary/aromatic N) is 3. The lowest BCUT2D eigenvalue weighted by molar-refractivity contribution is -0.117. The van der Waals surface area contributed by atoms with Crippen molar-refractivity contribution in [3.8, 4) is 0 Å². The van der Waals surface area contributed by atoms with Crippen LogP contribution in [-0.4, -0.2) is 27.9 Å². The highest BCUT2D eigenvalue weighted by molar-refractivity contribution is 6.34. The molecule has 2 heterocycles. The molecule has 1 N–H and O–H groups in total. The minimum Gasteiger partial charge on any atom is -0.345 e. The van der Waals surface area contributed by atoms with Crippen molar-refractivity contribution >= 4 is 29.1 Å². The van der Waals surface area contributed by atoms with Crippen LogP contribution in [0.2, 0.25) is 5.02 Å². The molecule has 3 rings (SSSR count). The van der Waals surface area contributed by atoms with Gasteiger partial charge in [0.15, 0.2) is 0 Å². The third-order valence-corrected chi connectivity index (χ3v) is 4.28. The van der Waals surface area contributed by atoms with Crippen LogP contribution in [0.4, 0.5) is 14.5 Å². The number of carbonyl (C=O) groups is 2. The number of hydrogen-bond acceptors (Lipinski definition) is 3. The number of nitrogens with one attached hydrogen (secondary N) is 1. The average molecular weight is 369 g/mol. The van der Waals surface area contributed by atoms with Crippen LogP contribution in [0.3, 0.4) is 0 Å². The van der Waals surface area contributed by atoms with Gasteiger partial charge < -0.3 is 10.2 Å². The molecule has 132 valence electrons. The fourth-order valence-corrected chi connectivity index (χ4v) is 2.89. The molecule has 2 amide bonds. The quantitative estimate of drug-likeness (QED) is 0.882. The number of anilines is 1. The normalized spacial score (nSPS) is 14.4. The average Bonchev–Trinajstić information content (AvgIpc) is 3.22. The van der Waals surface area contributed by atoms with Crippen LogP contribution in [0.15, 0.2) is 30.6 Å². The van der Waals surface area contributed by atoms with E-state index in [1.165, 1.54) is 18.3 Å². The summed E-state index contributed by atoms with van der Waals surface area (Å²) in [6, 6.07) is 4.74. The molecular weight excluding hydrogens is 354 g/mol. The first-order valence-electron chi connectivity index (χ1n) is 7.65. The van der Waals surface area contributed by atoms with Gasteiger partial charge in [-0.15, -0.1) is 0 Å². The first-order valence-corrected chi connectivity index (χ1v) is 8.03. The van der Waals surface area contributed by atoms with Gasteiger partial charge in [0.1, 0.15) is 5.82 Å². The summed E-state index contributed by atoms with van der Waals surface area (Å²) in [6.45, 7) is -2.31. The number of halogens is 3. The van der Waals surface area contributed by atoms with Crippen molar-refractivity contribution in [3.63, 3.8) is 0 Å². The van der Waals surface area contributed by atoms with Gasteiger partial charge >= 0.3 is 6.55 Å². The molecule has 1 fully saturated rings. The SMILES string of the molecule is O=C(NCc1nccn1C(F)F)c1cc(N2CCCC2=O)ccc1Cl. The second kappa shape index (κ2) is 7.18. The zero-order chi connectivity index (χ0) is 18.0. The number of carbonyl (C=O) groups excluding carboxylic acids is 2. The molecule has 0 unspecified atom stereocenters. The van der Waals surface area contributed by atoms with E-state index in [2.05, 4.69) is 10.3 Å². The molecule has 1 aromatic heterocycles. The van der Waals surface area contributed by atoms with Gasteiger partial charge in [-0.05, 0) is 24.6 Å². The summed E-state index contributed by atoms with van der Waals surface area (Å²) >= 11 is 6.07. The molecule has 1 aliphatic rings. The van der Waals surface area contributed by atoms with Crippen molar-refractivity contribution in [2.24, 2.45) is 0 Å². The van der Waals surface area contributed by atoms with Crippen LogP contribution in [0.1, 0.15) is 35.6 Å². The van der Waals surface area contributed by atoms with Crippen molar-refractivity contribution in [2.75, 3.05) is 11.4 Å². The molecule has 0 bridgehead atoms. The minimum absolute atomic E-state index is 0.00681. The van der Waals surface area contributed by atoms with Crippen LogP contribution in [-0.2, 0) is 11.3 Å². The lowest BCUT2D eigenvalue weighted by atomic mass is 10.1. The summed E-state index contributed by atoms with van der Waals surface area (Å²) in [5.41, 5.74) is 0.764. The maximum atomic E-state index is 12.8.